The predicted molar refractivity (Wildman–Crippen MR) is 118 cm³/mol. The molecule has 0 fully saturated rings. The zero-order chi connectivity index (χ0) is 22.2. The molecule has 3 heterocycles. The van der Waals surface area contributed by atoms with Gasteiger partial charge in [-0.3, -0.25) is 9.36 Å². The molecule has 2 aromatic heterocycles. The van der Waals surface area contributed by atoms with Crippen molar-refractivity contribution in [2.24, 2.45) is 5.10 Å². The molecule has 0 aliphatic carbocycles. The predicted octanol–water partition coefficient (Wildman–Crippen LogP) is 4.23. The zero-order valence-corrected chi connectivity index (χ0v) is 17.8. The fourth-order valence-electron chi connectivity index (χ4n) is 3.80. The Balaban J connectivity index is 1.48. The van der Waals surface area contributed by atoms with E-state index < -0.39 is 11.8 Å². The molecule has 162 valence electrons. The number of nitrogens with zero attached hydrogens (tertiary/aromatic N) is 3. The van der Waals surface area contributed by atoms with Crippen LogP contribution in [0.15, 0.2) is 79.6 Å². The van der Waals surface area contributed by atoms with Crippen molar-refractivity contribution in [2.75, 3.05) is 7.11 Å². The van der Waals surface area contributed by atoms with Gasteiger partial charge in [0.05, 0.1) is 24.6 Å². The van der Waals surface area contributed by atoms with Gasteiger partial charge in [-0.25, -0.2) is 9.80 Å². The normalized spacial score (nSPS) is 15.9. The van der Waals surface area contributed by atoms with Gasteiger partial charge in [-0.15, -0.1) is 0 Å². The molecule has 1 aliphatic rings. The SMILES string of the molecule is COc1ccc(C2=NN(C(=O)Cn3c(=O)oc4cc(Cl)ccc43)[C@H](c3ccco3)C2)cc1. The molecule has 0 bridgehead atoms. The summed E-state index contributed by atoms with van der Waals surface area (Å²) in [5.74, 6) is 0.342. The van der Waals surface area contributed by atoms with E-state index in [1.54, 1.807) is 43.7 Å². The molecule has 0 unspecified atom stereocenters. The first-order valence-corrected chi connectivity index (χ1v) is 10.3. The Hall–Kier alpha value is -3.78. The number of carbonyl (C=O) groups is 1. The van der Waals surface area contributed by atoms with Crippen molar-refractivity contribution in [3.63, 3.8) is 0 Å². The maximum absolute atomic E-state index is 13.3. The molecule has 8 nitrogen and oxygen atoms in total. The molecule has 5 rings (SSSR count). The number of ether oxygens (including phenoxy) is 1. The number of fused-ring (bicyclic) bond motifs is 1. The number of hydrazone groups is 1. The summed E-state index contributed by atoms with van der Waals surface area (Å²) in [7, 11) is 1.60. The Morgan fingerprint density at radius 1 is 1.22 bits per heavy atom. The molecular formula is C23H18ClN3O5. The third kappa shape index (κ3) is 3.58. The Labute approximate surface area is 187 Å². The average molecular weight is 452 g/mol. The van der Waals surface area contributed by atoms with Crippen LogP contribution in [-0.4, -0.2) is 28.3 Å². The van der Waals surface area contributed by atoms with E-state index in [-0.39, 0.29) is 12.5 Å². The summed E-state index contributed by atoms with van der Waals surface area (Å²) in [5.41, 5.74) is 2.42. The number of halogens is 1. The van der Waals surface area contributed by atoms with Crippen LogP contribution < -0.4 is 10.5 Å². The van der Waals surface area contributed by atoms with Crippen molar-refractivity contribution in [2.45, 2.75) is 19.0 Å². The lowest BCUT2D eigenvalue weighted by atomic mass is 10.0. The number of aromatic nitrogens is 1. The second kappa shape index (κ2) is 8.05. The van der Waals surface area contributed by atoms with E-state index >= 15 is 0 Å². The Bertz CT molecular complexity index is 1370. The van der Waals surface area contributed by atoms with Crippen LogP contribution in [0.2, 0.25) is 5.02 Å². The summed E-state index contributed by atoms with van der Waals surface area (Å²) in [5, 5.41) is 6.40. The highest BCUT2D eigenvalue weighted by Crippen LogP contribution is 2.33. The van der Waals surface area contributed by atoms with Gasteiger partial charge < -0.3 is 13.6 Å². The van der Waals surface area contributed by atoms with E-state index in [1.807, 2.05) is 24.3 Å². The van der Waals surface area contributed by atoms with Crippen LogP contribution in [0.3, 0.4) is 0 Å². The van der Waals surface area contributed by atoms with Crippen LogP contribution in [0.25, 0.3) is 11.1 Å². The third-order valence-corrected chi connectivity index (χ3v) is 5.62. The average Bonchev–Trinajstić information content (AvgIpc) is 3.53. The van der Waals surface area contributed by atoms with E-state index in [0.29, 0.717) is 28.3 Å². The topological polar surface area (TPSA) is 90.2 Å². The van der Waals surface area contributed by atoms with Gasteiger partial charge in [0.2, 0.25) is 0 Å². The molecule has 4 aromatic rings. The van der Waals surface area contributed by atoms with Gasteiger partial charge in [0.25, 0.3) is 5.91 Å². The number of rotatable bonds is 5. The molecule has 0 saturated heterocycles. The molecule has 0 radical (unpaired) electrons. The Kier molecular flexibility index (Phi) is 5.07. The fourth-order valence-corrected chi connectivity index (χ4v) is 3.96. The zero-order valence-electron chi connectivity index (χ0n) is 17.0. The molecule has 0 saturated carbocycles. The summed E-state index contributed by atoms with van der Waals surface area (Å²) in [6, 6.07) is 15.4. The first-order chi connectivity index (χ1) is 15.5. The van der Waals surface area contributed by atoms with Gasteiger partial charge in [-0.1, -0.05) is 11.6 Å². The van der Waals surface area contributed by atoms with Crippen molar-refractivity contribution in [3.05, 3.63) is 87.8 Å². The van der Waals surface area contributed by atoms with E-state index in [1.165, 1.54) is 9.58 Å². The minimum absolute atomic E-state index is 0.232. The van der Waals surface area contributed by atoms with Gasteiger partial charge in [-0.2, -0.15) is 5.10 Å². The van der Waals surface area contributed by atoms with Crippen molar-refractivity contribution in [1.29, 1.82) is 0 Å². The van der Waals surface area contributed by atoms with Crippen LogP contribution >= 0.6 is 11.6 Å². The highest BCUT2D eigenvalue weighted by molar-refractivity contribution is 6.31. The van der Waals surface area contributed by atoms with Crippen LogP contribution in [-0.2, 0) is 11.3 Å². The highest BCUT2D eigenvalue weighted by atomic mass is 35.5. The van der Waals surface area contributed by atoms with Gasteiger partial charge in [0.1, 0.15) is 24.1 Å². The minimum atomic E-state index is -0.635. The molecule has 0 N–H and O–H groups in total. The number of hydrogen-bond donors (Lipinski definition) is 0. The number of oxazole rings is 1. The smallest absolute Gasteiger partial charge is 0.420 e. The summed E-state index contributed by atoms with van der Waals surface area (Å²) in [6.45, 7) is -0.232. The second-order valence-corrected chi connectivity index (χ2v) is 7.75. The van der Waals surface area contributed by atoms with Crippen LogP contribution in [0, 0.1) is 0 Å². The monoisotopic (exact) mass is 451 g/mol. The molecule has 32 heavy (non-hydrogen) atoms. The maximum atomic E-state index is 13.3. The van der Waals surface area contributed by atoms with E-state index in [9.17, 15) is 9.59 Å². The van der Waals surface area contributed by atoms with Crippen molar-refractivity contribution >= 4 is 34.3 Å². The van der Waals surface area contributed by atoms with Crippen molar-refractivity contribution in [3.8, 4) is 5.75 Å². The number of hydrogen-bond acceptors (Lipinski definition) is 6. The lowest BCUT2D eigenvalue weighted by Gasteiger charge is -2.19. The quantitative estimate of drug-likeness (QED) is 0.453. The van der Waals surface area contributed by atoms with Gasteiger partial charge in [-0.05, 0) is 54.1 Å². The Morgan fingerprint density at radius 2 is 2.03 bits per heavy atom. The summed E-state index contributed by atoms with van der Waals surface area (Å²) in [6.07, 6.45) is 2.03. The number of methoxy groups -OCH3 is 1. The summed E-state index contributed by atoms with van der Waals surface area (Å²) < 4.78 is 17.3. The van der Waals surface area contributed by atoms with E-state index in [2.05, 4.69) is 5.10 Å². The number of amides is 1. The maximum Gasteiger partial charge on any atom is 0.420 e. The molecule has 9 heteroatoms. The number of benzene rings is 2. The fraction of sp³-hybridized carbons (Fsp3) is 0.174. The molecule has 1 aliphatic heterocycles. The van der Waals surface area contributed by atoms with Crippen LogP contribution in [0.4, 0.5) is 0 Å². The minimum Gasteiger partial charge on any atom is -0.497 e. The first kappa shape index (κ1) is 20.1. The molecule has 1 atom stereocenters. The largest absolute Gasteiger partial charge is 0.497 e. The summed E-state index contributed by atoms with van der Waals surface area (Å²) in [4.78, 5) is 25.7. The lowest BCUT2D eigenvalue weighted by Crippen LogP contribution is -2.32. The van der Waals surface area contributed by atoms with E-state index in [0.717, 1.165) is 17.0 Å². The third-order valence-electron chi connectivity index (χ3n) is 5.38. The highest BCUT2D eigenvalue weighted by Gasteiger charge is 2.35. The molecule has 0 spiro atoms. The number of furan rings is 1. The first-order valence-electron chi connectivity index (χ1n) is 9.90. The standard InChI is InChI=1S/C23H18ClN3O5/c1-30-16-7-4-14(5-8-16)17-12-19(20-3-2-10-31-20)27(25-17)22(28)13-26-18-9-6-15(24)11-21(18)32-23(26)29/h2-11,19H,12-13H2,1H3/t19-/m0/s1. The molecular weight excluding hydrogens is 434 g/mol. The number of carbonyl (C=O) groups excluding carboxylic acids is 1. The van der Waals surface area contributed by atoms with E-state index in [4.69, 9.17) is 25.2 Å². The summed E-state index contributed by atoms with van der Waals surface area (Å²) >= 11 is 5.98. The van der Waals surface area contributed by atoms with Gasteiger partial charge in [0, 0.05) is 17.5 Å². The Morgan fingerprint density at radius 3 is 2.75 bits per heavy atom. The molecule has 1 amide bonds. The second-order valence-electron chi connectivity index (χ2n) is 7.32. The van der Waals surface area contributed by atoms with Gasteiger partial charge in [0.15, 0.2) is 5.58 Å². The van der Waals surface area contributed by atoms with Crippen molar-refractivity contribution < 1.29 is 18.4 Å². The van der Waals surface area contributed by atoms with Gasteiger partial charge >= 0.3 is 5.76 Å². The van der Waals surface area contributed by atoms with Crippen molar-refractivity contribution in [1.82, 2.24) is 9.58 Å². The van der Waals surface area contributed by atoms with Crippen LogP contribution in [0.1, 0.15) is 23.8 Å². The molecule has 2 aromatic carbocycles. The lowest BCUT2D eigenvalue weighted by molar-refractivity contribution is -0.134. The van der Waals surface area contributed by atoms with Crippen LogP contribution in [0.5, 0.6) is 5.75 Å².